The Morgan fingerprint density at radius 3 is 2.75 bits per heavy atom. The van der Waals surface area contributed by atoms with Gasteiger partial charge in [0.15, 0.2) is 0 Å². The van der Waals surface area contributed by atoms with E-state index < -0.39 is 5.60 Å². The molecule has 1 aromatic heterocycles. The van der Waals surface area contributed by atoms with Gasteiger partial charge in [0, 0.05) is 19.3 Å². The maximum absolute atomic E-state index is 9.98. The van der Waals surface area contributed by atoms with Crippen molar-refractivity contribution in [3.8, 4) is 0 Å². The van der Waals surface area contributed by atoms with Crippen LogP contribution in [0.25, 0.3) is 0 Å². The monoisotopic (exact) mass is 241 g/mol. The summed E-state index contributed by atoms with van der Waals surface area (Å²) in [5.41, 5.74) is 1.16. The predicted molar refractivity (Wildman–Crippen MR) is 71.3 cm³/mol. The lowest BCUT2D eigenvalue weighted by molar-refractivity contribution is 0.0997. The van der Waals surface area contributed by atoms with Crippen molar-refractivity contribution in [2.45, 2.75) is 12.5 Å². The molecular weight excluding hydrogens is 222 g/mol. The smallest absolute Gasteiger partial charge is 0.0880 e. The van der Waals surface area contributed by atoms with Gasteiger partial charge in [-0.05, 0) is 19.2 Å². The first-order valence-corrected chi connectivity index (χ1v) is 6.55. The van der Waals surface area contributed by atoms with Gasteiger partial charge in [-0.15, -0.1) is 0 Å². The lowest BCUT2D eigenvalue weighted by atomic mass is 10.1. The lowest BCUT2D eigenvalue weighted by Crippen LogP contribution is -2.36. The Kier molecular flexibility index (Phi) is 4.89. The molecule has 1 unspecified atom stereocenters. The molecule has 0 saturated carbocycles. The predicted octanol–water partition coefficient (Wildman–Crippen LogP) is 1.65. The van der Waals surface area contributed by atoms with Crippen molar-refractivity contribution >= 4 is 23.1 Å². The van der Waals surface area contributed by atoms with Crippen LogP contribution in [-0.2, 0) is 0 Å². The standard InChI is InChI=1S/C11H19N3OS/c1-11(15,8-16-3)7-14-10-4-9(12-2)5-13-6-10/h4-6,12,14-15H,7-8H2,1-3H3. The Labute approximate surface area is 101 Å². The number of anilines is 2. The molecule has 0 aliphatic heterocycles. The van der Waals surface area contributed by atoms with Gasteiger partial charge in [0.25, 0.3) is 0 Å². The van der Waals surface area contributed by atoms with E-state index in [9.17, 15) is 5.11 Å². The molecule has 1 heterocycles. The van der Waals surface area contributed by atoms with E-state index in [2.05, 4.69) is 15.6 Å². The van der Waals surface area contributed by atoms with E-state index in [0.717, 1.165) is 11.4 Å². The molecule has 5 heteroatoms. The maximum atomic E-state index is 9.98. The minimum absolute atomic E-state index is 0.517. The molecule has 1 atom stereocenters. The topological polar surface area (TPSA) is 57.2 Å². The SMILES string of the molecule is CNc1cncc(NCC(C)(O)CSC)c1. The molecule has 0 radical (unpaired) electrons. The number of rotatable bonds is 6. The maximum Gasteiger partial charge on any atom is 0.0880 e. The van der Waals surface area contributed by atoms with Crippen LogP contribution in [0.5, 0.6) is 0 Å². The highest BCUT2D eigenvalue weighted by molar-refractivity contribution is 7.98. The highest BCUT2D eigenvalue weighted by atomic mass is 32.2. The molecule has 0 fully saturated rings. The Morgan fingerprint density at radius 2 is 2.12 bits per heavy atom. The summed E-state index contributed by atoms with van der Waals surface area (Å²) in [6.07, 6.45) is 5.48. The van der Waals surface area contributed by atoms with Crippen LogP contribution in [0.2, 0.25) is 0 Å². The van der Waals surface area contributed by atoms with E-state index >= 15 is 0 Å². The van der Waals surface area contributed by atoms with Crippen LogP contribution < -0.4 is 10.6 Å². The number of nitrogens with one attached hydrogen (secondary N) is 2. The molecule has 0 aromatic carbocycles. The molecule has 16 heavy (non-hydrogen) atoms. The normalized spacial score (nSPS) is 14.2. The van der Waals surface area contributed by atoms with Crippen molar-refractivity contribution < 1.29 is 5.11 Å². The van der Waals surface area contributed by atoms with Gasteiger partial charge in [-0.25, -0.2) is 0 Å². The Hall–Kier alpha value is -0.940. The first-order chi connectivity index (χ1) is 7.57. The van der Waals surface area contributed by atoms with Gasteiger partial charge in [0.2, 0.25) is 0 Å². The van der Waals surface area contributed by atoms with Gasteiger partial charge in [-0.2, -0.15) is 11.8 Å². The number of aromatic nitrogens is 1. The lowest BCUT2D eigenvalue weighted by Gasteiger charge is -2.23. The van der Waals surface area contributed by atoms with Crippen molar-refractivity contribution in [2.75, 3.05) is 36.2 Å². The fraction of sp³-hybridized carbons (Fsp3) is 0.545. The van der Waals surface area contributed by atoms with Gasteiger partial charge in [-0.1, -0.05) is 0 Å². The van der Waals surface area contributed by atoms with Crippen LogP contribution in [-0.4, -0.2) is 41.3 Å². The molecular formula is C11H19N3OS. The molecule has 1 aromatic rings. The van der Waals surface area contributed by atoms with Gasteiger partial charge in [0.05, 0.1) is 29.4 Å². The van der Waals surface area contributed by atoms with E-state index in [-0.39, 0.29) is 0 Å². The van der Waals surface area contributed by atoms with Crippen molar-refractivity contribution in [3.05, 3.63) is 18.5 Å². The minimum Gasteiger partial charge on any atom is -0.387 e. The largest absolute Gasteiger partial charge is 0.387 e. The zero-order chi connectivity index (χ0) is 12.0. The van der Waals surface area contributed by atoms with Gasteiger partial charge >= 0.3 is 0 Å². The summed E-state index contributed by atoms with van der Waals surface area (Å²) in [5, 5.41) is 16.2. The van der Waals surface area contributed by atoms with Crippen molar-refractivity contribution in [1.29, 1.82) is 0 Å². The van der Waals surface area contributed by atoms with Crippen molar-refractivity contribution in [3.63, 3.8) is 0 Å². The Balaban J connectivity index is 2.53. The van der Waals surface area contributed by atoms with Crippen molar-refractivity contribution in [1.82, 2.24) is 4.98 Å². The Morgan fingerprint density at radius 1 is 1.44 bits per heavy atom. The molecule has 1 rings (SSSR count). The highest BCUT2D eigenvalue weighted by Crippen LogP contribution is 2.15. The molecule has 4 nitrogen and oxygen atoms in total. The second kappa shape index (κ2) is 5.96. The number of aliphatic hydroxyl groups is 1. The van der Waals surface area contributed by atoms with Crippen LogP contribution in [0.15, 0.2) is 18.5 Å². The third-order valence-electron chi connectivity index (χ3n) is 2.16. The highest BCUT2D eigenvalue weighted by Gasteiger charge is 2.18. The van der Waals surface area contributed by atoms with Crippen LogP contribution in [0, 0.1) is 0 Å². The first-order valence-electron chi connectivity index (χ1n) is 5.15. The summed E-state index contributed by atoms with van der Waals surface area (Å²) in [6.45, 7) is 2.34. The summed E-state index contributed by atoms with van der Waals surface area (Å²) >= 11 is 1.63. The Bertz CT molecular complexity index is 331. The summed E-state index contributed by atoms with van der Waals surface area (Å²) in [7, 11) is 1.85. The molecule has 0 amide bonds. The minimum atomic E-state index is -0.699. The second-order valence-electron chi connectivity index (χ2n) is 4.00. The van der Waals surface area contributed by atoms with E-state index in [0.29, 0.717) is 12.3 Å². The van der Waals surface area contributed by atoms with Gasteiger partial charge in [-0.3, -0.25) is 4.98 Å². The number of nitrogens with zero attached hydrogens (tertiary/aromatic N) is 1. The van der Waals surface area contributed by atoms with Crippen molar-refractivity contribution in [2.24, 2.45) is 0 Å². The van der Waals surface area contributed by atoms with Crippen LogP contribution >= 0.6 is 11.8 Å². The van der Waals surface area contributed by atoms with Gasteiger partial charge in [0.1, 0.15) is 0 Å². The fourth-order valence-electron chi connectivity index (χ4n) is 1.33. The molecule has 90 valence electrons. The first kappa shape index (κ1) is 13.1. The van der Waals surface area contributed by atoms with Gasteiger partial charge < -0.3 is 15.7 Å². The summed E-state index contributed by atoms with van der Waals surface area (Å²) < 4.78 is 0. The average Bonchev–Trinajstić information content (AvgIpc) is 2.27. The average molecular weight is 241 g/mol. The number of hydrogen-bond donors (Lipinski definition) is 3. The van der Waals surface area contributed by atoms with Crippen LogP contribution in [0.1, 0.15) is 6.92 Å². The molecule has 0 bridgehead atoms. The van der Waals surface area contributed by atoms with E-state index in [1.54, 1.807) is 24.2 Å². The van der Waals surface area contributed by atoms with E-state index in [1.807, 2.05) is 26.3 Å². The van der Waals surface area contributed by atoms with Crippen LogP contribution in [0.4, 0.5) is 11.4 Å². The molecule has 0 aliphatic carbocycles. The fourth-order valence-corrected chi connectivity index (χ4v) is 2.05. The molecule has 0 saturated heterocycles. The third-order valence-corrected chi connectivity index (χ3v) is 3.07. The number of thioether (sulfide) groups is 1. The second-order valence-corrected chi connectivity index (χ2v) is 4.86. The number of hydrogen-bond acceptors (Lipinski definition) is 5. The zero-order valence-corrected chi connectivity index (χ0v) is 10.8. The molecule has 0 spiro atoms. The summed E-state index contributed by atoms with van der Waals surface area (Å²) in [6, 6.07) is 1.96. The summed E-state index contributed by atoms with van der Waals surface area (Å²) in [4.78, 5) is 4.09. The quantitative estimate of drug-likeness (QED) is 0.707. The zero-order valence-electron chi connectivity index (χ0n) is 9.95. The van der Waals surface area contributed by atoms with Crippen LogP contribution in [0.3, 0.4) is 0 Å². The van der Waals surface area contributed by atoms with E-state index in [1.165, 1.54) is 0 Å². The third kappa shape index (κ3) is 4.28. The van der Waals surface area contributed by atoms with E-state index in [4.69, 9.17) is 0 Å². The molecule has 0 aliphatic rings. The molecule has 3 N–H and O–H groups in total. The summed E-state index contributed by atoms with van der Waals surface area (Å²) in [5.74, 6) is 0.707. The number of pyridine rings is 1.